The summed E-state index contributed by atoms with van der Waals surface area (Å²) in [4.78, 5) is 4.73. The van der Waals surface area contributed by atoms with Gasteiger partial charge in [-0.25, -0.2) is 9.37 Å². The molecular formula is C25H16FNS. The minimum Gasteiger partial charge on any atom is -0.236 e. The first-order chi connectivity index (χ1) is 13.8. The number of nitrogens with zero attached hydrogens (tertiary/aromatic N) is 1. The van der Waals surface area contributed by atoms with Crippen LogP contribution in [0.2, 0.25) is 0 Å². The highest BCUT2D eigenvalue weighted by atomic mass is 32.1. The first-order valence-electron chi connectivity index (χ1n) is 9.09. The van der Waals surface area contributed by atoms with Crippen molar-refractivity contribution in [3.63, 3.8) is 0 Å². The molecule has 3 heteroatoms. The Balaban J connectivity index is 1.47. The molecule has 0 fully saturated rings. The number of aromatic nitrogens is 1. The highest BCUT2D eigenvalue weighted by Gasteiger charge is 2.07. The summed E-state index contributed by atoms with van der Waals surface area (Å²) in [5.74, 6) is -0.217. The van der Waals surface area contributed by atoms with Crippen LogP contribution in [-0.2, 0) is 0 Å². The quantitative estimate of drug-likeness (QED) is 0.316. The normalized spacial score (nSPS) is 11.0. The number of fused-ring (bicyclic) bond motifs is 1. The fourth-order valence-corrected chi connectivity index (χ4v) is 4.29. The van der Waals surface area contributed by atoms with Crippen molar-refractivity contribution in [3.05, 3.63) is 103 Å². The molecule has 0 atom stereocenters. The van der Waals surface area contributed by atoms with Crippen LogP contribution in [0, 0.1) is 5.82 Å². The maximum atomic E-state index is 13.2. The van der Waals surface area contributed by atoms with Gasteiger partial charge in [0, 0.05) is 5.56 Å². The lowest BCUT2D eigenvalue weighted by Crippen LogP contribution is -1.83. The van der Waals surface area contributed by atoms with Crippen molar-refractivity contribution in [2.45, 2.75) is 0 Å². The van der Waals surface area contributed by atoms with E-state index >= 15 is 0 Å². The summed E-state index contributed by atoms with van der Waals surface area (Å²) in [6.45, 7) is 0. The molecule has 0 aliphatic heterocycles. The highest BCUT2D eigenvalue weighted by molar-refractivity contribution is 7.21. The zero-order valence-electron chi connectivity index (χ0n) is 15.0. The van der Waals surface area contributed by atoms with Crippen molar-refractivity contribution < 1.29 is 4.39 Å². The van der Waals surface area contributed by atoms with E-state index < -0.39 is 0 Å². The summed E-state index contributed by atoms with van der Waals surface area (Å²) in [6, 6.07) is 31.6. The van der Waals surface area contributed by atoms with Crippen molar-refractivity contribution in [3.8, 4) is 32.8 Å². The van der Waals surface area contributed by atoms with Crippen molar-refractivity contribution in [2.24, 2.45) is 0 Å². The van der Waals surface area contributed by atoms with Crippen LogP contribution in [0.1, 0.15) is 0 Å². The molecule has 0 N–H and O–H groups in total. The fraction of sp³-hybridized carbons (Fsp3) is 0. The first-order valence-corrected chi connectivity index (χ1v) is 9.90. The standard InChI is InChI=1S/C25H16FNS/c26-22-14-12-18(13-15-22)21-5-3-4-20(16-21)17-8-10-19(11-9-17)25-27-23-6-1-2-7-24(23)28-25/h1-16H. The summed E-state index contributed by atoms with van der Waals surface area (Å²) in [6.07, 6.45) is 0. The monoisotopic (exact) mass is 381 g/mol. The van der Waals surface area contributed by atoms with Gasteiger partial charge in [0.1, 0.15) is 10.8 Å². The molecule has 0 aliphatic carbocycles. The van der Waals surface area contributed by atoms with Gasteiger partial charge in [0.15, 0.2) is 0 Å². The third kappa shape index (κ3) is 3.21. The zero-order valence-corrected chi connectivity index (χ0v) is 15.8. The molecule has 0 spiro atoms. The fourth-order valence-electron chi connectivity index (χ4n) is 3.32. The van der Waals surface area contributed by atoms with Crippen LogP contribution in [0.15, 0.2) is 97.1 Å². The summed E-state index contributed by atoms with van der Waals surface area (Å²) >= 11 is 1.71. The van der Waals surface area contributed by atoms with E-state index in [9.17, 15) is 4.39 Å². The van der Waals surface area contributed by atoms with Crippen LogP contribution in [-0.4, -0.2) is 4.98 Å². The van der Waals surface area contributed by atoms with Crippen LogP contribution in [0.5, 0.6) is 0 Å². The minimum atomic E-state index is -0.217. The van der Waals surface area contributed by atoms with Gasteiger partial charge in [0.2, 0.25) is 0 Å². The molecule has 0 amide bonds. The van der Waals surface area contributed by atoms with Gasteiger partial charge in [0.25, 0.3) is 0 Å². The Bertz CT molecular complexity index is 1220. The third-order valence-corrected chi connectivity index (χ3v) is 5.88. The Morgan fingerprint density at radius 2 is 1.18 bits per heavy atom. The number of benzene rings is 4. The zero-order chi connectivity index (χ0) is 18.9. The number of thiazole rings is 1. The van der Waals surface area contributed by atoms with Gasteiger partial charge in [-0.2, -0.15) is 0 Å². The summed E-state index contributed by atoms with van der Waals surface area (Å²) < 4.78 is 14.4. The Morgan fingerprint density at radius 1 is 0.571 bits per heavy atom. The number of hydrogen-bond acceptors (Lipinski definition) is 2. The van der Waals surface area contributed by atoms with Crippen molar-refractivity contribution in [2.75, 3.05) is 0 Å². The maximum absolute atomic E-state index is 13.2. The van der Waals surface area contributed by atoms with Crippen LogP contribution < -0.4 is 0 Å². The SMILES string of the molecule is Fc1ccc(-c2cccc(-c3ccc(-c4nc5ccccc5s4)cc3)c2)cc1. The predicted molar refractivity (Wildman–Crippen MR) is 116 cm³/mol. The molecule has 134 valence electrons. The second kappa shape index (κ2) is 7.02. The largest absolute Gasteiger partial charge is 0.236 e. The lowest BCUT2D eigenvalue weighted by Gasteiger charge is -2.07. The molecule has 4 aromatic carbocycles. The highest BCUT2D eigenvalue weighted by Crippen LogP contribution is 2.32. The van der Waals surface area contributed by atoms with E-state index in [-0.39, 0.29) is 5.82 Å². The van der Waals surface area contributed by atoms with Crippen LogP contribution in [0.25, 0.3) is 43.0 Å². The van der Waals surface area contributed by atoms with Crippen LogP contribution >= 0.6 is 11.3 Å². The average molecular weight is 381 g/mol. The lowest BCUT2D eigenvalue weighted by atomic mass is 9.98. The summed E-state index contributed by atoms with van der Waals surface area (Å²) in [5.41, 5.74) is 6.53. The Hall–Kier alpha value is -3.30. The molecule has 1 aromatic heterocycles. The molecule has 1 nitrogen and oxygen atoms in total. The summed E-state index contributed by atoms with van der Waals surface area (Å²) in [5, 5.41) is 1.04. The smallest absolute Gasteiger partial charge is 0.124 e. The van der Waals surface area contributed by atoms with Gasteiger partial charge in [-0.15, -0.1) is 11.3 Å². The molecule has 5 rings (SSSR count). The Labute approximate surface area is 166 Å². The van der Waals surface area contributed by atoms with E-state index in [0.29, 0.717) is 0 Å². The third-order valence-electron chi connectivity index (χ3n) is 4.80. The number of para-hydroxylation sites is 1. The number of halogens is 1. The molecule has 0 saturated carbocycles. The van der Waals surface area contributed by atoms with Gasteiger partial charge in [-0.3, -0.25) is 0 Å². The van der Waals surface area contributed by atoms with E-state index in [1.165, 1.54) is 16.8 Å². The second-order valence-electron chi connectivity index (χ2n) is 6.65. The van der Waals surface area contributed by atoms with Crippen molar-refractivity contribution >= 4 is 21.6 Å². The van der Waals surface area contributed by atoms with Gasteiger partial charge in [-0.1, -0.05) is 66.7 Å². The first kappa shape index (κ1) is 16.8. The molecule has 0 bridgehead atoms. The molecule has 0 unspecified atom stereocenters. The molecular weight excluding hydrogens is 365 g/mol. The second-order valence-corrected chi connectivity index (χ2v) is 7.68. The van der Waals surface area contributed by atoms with E-state index in [1.54, 1.807) is 11.3 Å². The minimum absolute atomic E-state index is 0.217. The molecule has 1 heterocycles. The van der Waals surface area contributed by atoms with Crippen LogP contribution in [0.3, 0.4) is 0 Å². The average Bonchev–Trinajstić information content (AvgIpc) is 3.19. The molecule has 0 saturated heterocycles. The molecule has 0 aliphatic rings. The molecule has 5 aromatic rings. The lowest BCUT2D eigenvalue weighted by molar-refractivity contribution is 0.628. The summed E-state index contributed by atoms with van der Waals surface area (Å²) in [7, 11) is 0. The van der Waals surface area contributed by atoms with E-state index in [2.05, 4.69) is 42.5 Å². The number of rotatable bonds is 3. The van der Waals surface area contributed by atoms with Crippen molar-refractivity contribution in [1.29, 1.82) is 0 Å². The molecule has 28 heavy (non-hydrogen) atoms. The topological polar surface area (TPSA) is 12.9 Å². The van der Waals surface area contributed by atoms with Gasteiger partial charge >= 0.3 is 0 Å². The van der Waals surface area contributed by atoms with Crippen LogP contribution in [0.4, 0.5) is 4.39 Å². The van der Waals surface area contributed by atoms with Gasteiger partial charge < -0.3 is 0 Å². The van der Waals surface area contributed by atoms with E-state index in [1.807, 2.05) is 42.5 Å². The Kier molecular flexibility index (Phi) is 4.22. The number of hydrogen-bond donors (Lipinski definition) is 0. The van der Waals surface area contributed by atoms with Gasteiger partial charge in [0.05, 0.1) is 10.2 Å². The van der Waals surface area contributed by atoms with E-state index in [0.717, 1.165) is 38.3 Å². The maximum Gasteiger partial charge on any atom is 0.124 e. The van der Waals surface area contributed by atoms with E-state index in [4.69, 9.17) is 4.98 Å². The van der Waals surface area contributed by atoms with Crippen molar-refractivity contribution in [1.82, 2.24) is 4.98 Å². The Morgan fingerprint density at radius 3 is 1.86 bits per heavy atom. The van der Waals surface area contributed by atoms with Gasteiger partial charge in [-0.05, 0) is 52.6 Å². The molecule has 0 radical (unpaired) electrons. The predicted octanol–water partition coefficient (Wildman–Crippen LogP) is 7.44.